The minimum Gasteiger partial charge on any atom is -0.493 e. The zero-order chi connectivity index (χ0) is 26.5. The maximum Gasteiger partial charge on any atom is 0.327 e. The first-order chi connectivity index (χ1) is 17.8. The quantitative estimate of drug-likeness (QED) is 0.244. The number of hydrogen-bond donors (Lipinski definition) is 2. The zero-order valence-electron chi connectivity index (χ0n) is 20.8. The number of nitrogens with zero attached hydrogens (tertiary/aromatic N) is 1. The molecule has 4 aromatic carbocycles. The number of hydrogen-bond acceptors (Lipinski definition) is 4. The molecule has 0 aliphatic heterocycles. The summed E-state index contributed by atoms with van der Waals surface area (Å²) in [5.41, 5.74) is 3.08. The van der Waals surface area contributed by atoms with Crippen LogP contribution < -0.4 is 13.8 Å². The van der Waals surface area contributed by atoms with Crippen LogP contribution in [0, 0.1) is 5.92 Å². The summed E-state index contributed by atoms with van der Waals surface area (Å²) in [7, 11) is 1.58. The molecule has 0 bridgehead atoms. The van der Waals surface area contributed by atoms with Gasteiger partial charge in [0, 0.05) is 0 Å². The van der Waals surface area contributed by atoms with E-state index in [1.807, 2.05) is 36.4 Å². The molecule has 0 spiro atoms. The molecule has 192 valence electrons. The Kier molecular flexibility index (Phi) is 8.11. The third-order valence-electron chi connectivity index (χ3n) is 6.13. The highest BCUT2D eigenvalue weighted by Gasteiger charge is 2.32. The molecule has 0 aliphatic rings. The Morgan fingerprint density at radius 1 is 0.892 bits per heavy atom. The molecule has 4 rings (SSSR count). The number of carbonyl (C=O) groups is 1. The third-order valence-corrected chi connectivity index (χ3v) is 6.91. The van der Waals surface area contributed by atoms with Gasteiger partial charge in [0.15, 0.2) is 11.5 Å². The van der Waals surface area contributed by atoms with Crippen LogP contribution in [0.25, 0.3) is 21.9 Å². The highest BCUT2D eigenvalue weighted by molar-refractivity contribution is 7.80. The fourth-order valence-electron chi connectivity index (χ4n) is 4.26. The molecule has 8 heteroatoms. The van der Waals surface area contributed by atoms with E-state index in [9.17, 15) is 18.7 Å². The van der Waals surface area contributed by atoms with Gasteiger partial charge in [-0.1, -0.05) is 68.4 Å². The number of benzene rings is 4. The van der Waals surface area contributed by atoms with Crippen molar-refractivity contribution in [2.45, 2.75) is 26.5 Å². The summed E-state index contributed by atoms with van der Waals surface area (Å²) in [6.07, 6.45) is 0. The number of methoxy groups -OCH3 is 1. The van der Waals surface area contributed by atoms with Gasteiger partial charge < -0.3 is 14.6 Å². The zero-order valence-corrected chi connectivity index (χ0v) is 21.6. The molecule has 2 atom stereocenters. The molecule has 0 heterocycles. The summed E-state index contributed by atoms with van der Waals surface area (Å²) in [4.78, 5) is 11.7. The van der Waals surface area contributed by atoms with E-state index < -0.39 is 23.3 Å². The van der Waals surface area contributed by atoms with E-state index in [-0.39, 0.29) is 5.92 Å². The molecule has 2 N–H and O–H groups in total. The maximum atomic E-state index is 12.0. The number of carboxylic acid groups (broad SMARTS) is 1. The lowest BCUT2D eigenvalue weighted by Gasteiger charge is -2.29. The Morgan fingerprint density at radius 2 is 1.57 bits per heavy atom. The molecule has 37 heavy (non-hydrogen) atoms. The monoisotopic (exact) mass is 519 g/mol. The van der Waals surface area contributed by atoms with Crippen LogP contribution in [-0.2, 0) is 22.7 Å². The van der Waals surface area contributed by atoms with Crippen LogP contribution in [0.15, 0.2) is 84.9 Å². The van der Waals surface area contributed by atoms with Crippen molar-refractivity contribution in [2.75, 3.05) is 11.4 Å². The highest BCUT2D eigenvalue weighted by Crippen LogP contribution is 2.34. The minimum atomic E-state index is -2.50. The molecule has 0 radical (unpaired) electrons. The lowest BCUT2D eigenvalue weighted by atomic mass is 10.0. The molecule has 0 aliphatic carbocycles. The maximum absolute atomic E-state index is 12.0. The van der Waals surface area contributed by atoms with Crippen LogP contribution in [-0.4, -0.2) is 33.0 Å². The van der Waals surface area contributed by atoms with Crippen LogP contribution >= 0.6 is 0 Å². The van der Waals surface area contributed by atoms with Crippen LogP contribution in [0.5, 0.6) is 11.5 Å². The van der Waals surface area contributed by atoms with E-state index in [0.29, 0.717) is 23.8 Å². The number of carboxylic acids is 1. The van der Waals surface area contributed by atoms with Gasteiger partial charge in [-0.3, -0.25) is 8.86 Å². The fraction of sp³-hybridized carbons (Fsp3) is 0.207. The second-order valence-electron chi connectivity index (χ2n) is 8.97. The lowest BCUT2D eigenvalue weighted by Crippen LogP contribution is -2.45. The Hall–Kier alpha value is -3.88. The first kappa shape index (κ1) is 26.2. The van der Waals surface area contributed by atoms with Gasteiger partial charge in [0.1, 0.15) is 12.6 Å². The Bertz CT molecular complexity index is 1420. The van der Waals surface area contributed by atoms with Gasteiger partial charge in [0.05, 0.1) is 12.8 Å². The van der Waals surface area contributed by atoms with Crippen molar-refractivity contribution in [1.82, 2.24) is 0 Å². The molecule has 7 nitrogen and oxygen atoms in total. The van der Waals surface area contributed by atoms with Crippen molar-refractivity contribution in [1.29, 1.82) is 0 Å². The van der Waals surface area contributed by atoms with E-state index in [1.54, 1.807) is 45.2 Å². The molecule has 0 amide bonds. The molecule has 4 aromatic rings. The molecule has 0 saturated carbocycles. The van der Waals surface area contributed by atoms with Crippen LogP contribution in [0.4, 0.5) is 5.69 Å². The van der Waals surface area contributed by atoms with Crippen molar-refractivity contribution in [2.24, 2.45) is 5.92 Å². The van der Waals surface area contributed by atoms with E-state index in [0.717, 1.165) is 26.4 Å². The van der Waals surface area contributed by atoms with Gasteiger partial charge in [-0.05, 0) is 63.7 Å². The van der Waals surface area contributed by atoms with Crippen molar-refractivity contribution < 1.29 is 28.1 Å². The Morgan fingerprint density at radius 3 is 2.19 bits per heavy atom. The normalized spacial score (nSPS) is 12.8. The Balaban J connectivity index is 1.53. The number of ether oxygens (including phenoxy) is 2. The van der Waals surface area contributed by atoms with Crippen molar-refractivity contribution >= 4 is 33.7 Å². The van der Waals surface area contributed by atoms with E-state index in [1.165, 1.54) is 5.39 Å². The van der Waals surface area contributed by atoms with Gasteiger partial charge in [-0.25, -0.2) is 9.00 Å². The first-order valence-corrected chi connectivity index (χ1v) is 12.9. The third kappa shape index (κ3) is 5.93. The van der Waals surface area contributed by atoms with Gasteiger partial charge in [-0.15, -0.1) is 0 Å². The summed E-state index contributed by atoms with van der Waals surface area (Å²) in [5, 5.41) is 11.9. The lowest BCUT2D eigenvalue weighted by molar-refractivity contribution is -0.139. The molecular weight excluding hydrogens is 490 g/mol. The predicted molar refractivity (Wildman–Crippen MR) is 146 cm³/mol. The van der Waals surface area contributed by atoms with Crippen molar-refractivity contribution in [3.05, 3.63) is 90.5 Å². The topological polar surface area (TPSA) is 96.3 Å². The summed E-state index contributed by atoms with van der Waals surface area (Å²) < 4.78 is 34.4. The molecule has 2 unspecified atom stereocenters. The van der Waals surface area contributed by atoms with Crippen molar-refractivity contribution in [3.8, 4) is 22.6 Å². The standard InChI is InChI=1S/C29H29NO6S/c1-19(2)28(29(31)32)30(37(33)34)25-13-10-22(11-14-25)24-12-15-26(27(17-24)35-3)36-18-20-8-9-21-6-4-5-7-23(21)16-20/h4-17,19,28H,18H2,1-3H3,(H,31,32)(H,33,34). The number of aliphatic carboxylic acids is 1. The predicted octanol–water partition coefficient (Wildman–Crippen LogP) is 6.15. The largest absolute Gasteiger partial charge is 0.493 e. The summed E-state index contributed by atoms with van der Waals surface area (Å²) in [5.74, 6) is -0.351. The number of rotatable bonds is 10. The van der Waals surface area contributed by atoms with Gasteiger partial charge in [0.25, 0.3) is 11.3 Å². The summed E-state index contributed by atoms with van der Waals surface area (Å²) in [6.45, 7) is 3.79. The van der Waals surface area contributed by atoms with Crippen LogP contribution in [0.1, 0.15) is 19.4 Å². The van der Waals surface area contributed by atoms with Gasteiger partial charge in [-0.2, -0.15) is 0 Å². The first-order valence-electron chi connectivity index (χ1n) is 11.8. The van der Waals surface area contributed by atoms with Crippen molar-refractivity contribution in [3.63, 3.8) is 0 Å². The second kappa shape index (κ2) is 11.5. The smallest absolute Gasteiger partial charge is 0.327 e. The highest BCUT2D eigenvalue weighted by atomic mass is 32.2. The molecule has 0 saturated heterocycles. The average molecular weight is 520 g/mol. The van der Waals surface area contributed by atoms with Crippen LogP contribution in [0.3, 0.4) is 0 Å². The fourth-order valence-corrected chi connectivity index (χ4v) is 5.09. The van der Waals surface area contributed by atoms with Gasteiger partial charge >= 0.3 is 5.97 Å². The second-order valence-corrected chi connectivity index (χ2v) is 9.82. The molecular formula is C29H29NO6S. The van der Waals surface area contributed by atoms with Gasteiger partial charge in [0.2, 0.25) is 0 Å². The number of fused-ring (bicyclic) bond motifs is 1. The summed E-state index contributed by atoms with van der Waals surface area (Å²) >= 11 is -2.50. The average Bonchev–Trinajstić information content (AvgIpc) is 2.89. The number of anilines is 1. The Labute approximate surface area is 218 Å². The summed E-state index contributed by atoms with van der Waals surface area (Å²) in [6, 6.07) is 25.7. The van der Waals surface area contributed by atoms with E-state index >= 15 is 0 Å². The molecule has 0 aromatic heterocycles. The molecule has 0 fully saturated rings. The SMILES string of the molecule is COc1cc(-c2ccc(N(C(C(=O)O)C(C)C)S(=O)O)cc2)ccc1OCc1ccc2ccccc2c1. The van der Waals surface area contributed by atoms with E-state index in [2.05, 4.69) is 24.3 Å². The van der Waals surface area contributed by atoms with E-state index in [4.69, 9.17) is 9.47 Å². The van der Waals surface area contributed by atoms with Crippen LogP contribution in [0.2, 0.25) is 0 Å². The minimum absolute atomic E-state index is 0.341.